The zero-order valence-electron chi connectivity index (χ0n) is 24.0. The maximum absolute atomic E-state index is 2.46. The van der Waals surface area contributed by atoms with Gasteiger partial charge >= 0.3 is 0 Å². The molecule has 6 aromatic carbocycles. The van der Waals surface area contributed by atoms with Crippen LogP contribution in [0.1, 0.15) is 40.2 Å². The highest BCUT2D eigenvalue weighted by molar-refractivity contribution is 6.17. The van der Waals surface area contributed by atoms with Gasteiger partial charge in [0.1, 0.15) is 0 Å². The molecule has 0 fully saturated rings. The summed E-state index contributed by atoms with van der Waals surface area (Å²) in [7, 11) is 0. The number of benzene rings is 6. The molecule has 0 amide bonds. The first kappa shape index (κ1) is 24.5. The Kier molecular flexibility index (Phi) is 5.52. The Bertz CT molecular complexity index is 2210. The maximum Gasteiger partial charge on any atom is 0.0547 e. The van der Waals surface area contributed by atoms with Crippen molar-refractivity contribution in [1.82, 2.24) is 4.57 Å². The second-order valence-corrected chi connectivity index (χ2v) is 12.0. The second-order valence-electron chi connectivity index (χ2n) is 12.0. The first-order valence-electron chi connectivity index (χ1n) is 15.4. The molecule has 0 aliphatic heterocycles. The number of rotatable bonds is 3. The fraction of sp³-hybridized carbons (Fsp3) is 0.0952. The molecule has 0 radical (unpaired) electrons. The van der Waals surface area contributed by atoms with Crippen molar-refractivity contribution in [1.29, 1.82) is 0 Å². The molecule has 2 aliphatic rings. The number of aryl methyl sites for hydroxylation is 1. The lowest BCUT2D eigenvalue weighted by atomic mass is 9.82. The molecule has 43 heavy (non-hydrogen) atoms. The van der Waals surface area contributed by atoms with Gasteiger partial charge in [-0.25, -0.2) is 0 Å². The summed E-state index contributed by atoms with van der Waals surface area (Å²) < 4.78 is 2.46. The van der Waals surface area contributed by atoms with Crippen molar-refractivity contribution >= 4 is 27.9 Å². The molecule has 9 rings (SSSR count). The predicted molar refractivity (Wildman–Crippen MR) is 181 cm³/mol. The Balaban J connectivity index is 1.35. The molecule has 1 unspecified atom stereocenters. The van der Waals surface area contributed by atoms with Crippen LogP contribution in [0, 0.1) is 0 Å². The summed E-state index contributed by atoms with van der Waals surface area (Å²) in [6, 6.07) is 49.9. The number of allylic oxidation sites excluding steroid dienone is 1. The van der Waals surface area contributed by atoms with E-state index in [1.165, 1.54) is 77.6 Å². The van der Waals surface area contributed by atoms with Gasteiger partial charge in [0.2, 0.25) is 0 Å². The van der Waals surface area contributed by atoms with Crippen LogP contribution >= 0.6 is 0 Å². The monoisotopic (exact) mass is 549 g/mol. The zero-order valence-corrected chi connectivity index (χ0v) is 24.0. The molecule has 0 N–H and O–H groups in total. The van der Waals surface area contributed by atoms with E-state index in [1.807, 2.05) is 0 Å². The van der Waals surface area contributed by atoms with Gasteiger partial charge in [-0.3, -0.25) is 0 Å². The molecule has 0 saturated heterocycles. The van der Waals surface area contributed by atoms with E-state index in [0.717, 1.165) is 19.3 Å². The fourth-order valence-corrected chi connectivity index (χ4v) is 7.75. The van der Waals surface area contributed by atoms with Crippen molar-refractivity contribution in [2.45, 2.75) is 25.2 Å². The topological polar surface area (TPSA) is 4.93 Å². The van der Waals surface area contributed by atoms with Crippen LogP contribution in [0.2, 0.25) is 0 Å². The zero-order chi connectivity index (χ0) is 28.3. The van der Waals surface area contributed by atoms with Gasteiger partial charge in [-0.15, -0.1) is 0 Å². The van der Waals surface area contributed by atoms with Crippen molar-refractivity contribution in [3.05, 3.63) is 167 Å². The van der Waals surface area contributed by atoms with E-state index in [4.69, 9.17) is 0 Å². The highest BCUT2D eigenvalue weighted by atomic mass is 15.0. The van der Waals surface area contributed by atoms with Crippen LogP contribution in [0.4, 0.5) is 0 Å². The summed E-state index contributed by atoms with van der Waals surface area (Å²) in [6.07, 6.45) is 7.73. The van der Waals surface area contributed by atoms with Crippen LogP contribution in [0.15, 0.2) is 140 Å². The minimum atomic E-state index is 0.351. The van der Waals surface area contributed by atoms with Crippen LogP contribution < -0.4 is 0 Å². The average molecular weight is 550 g/mol. The lowest BCUT2D eigenvalue weighted by Crippen LogP contribution is -2.03. The third kappa shape index (κ3) is 3.78. The molecule has 204 valence electrons. The third-order valence-corrected chi connectivity index (χ3v) is 9.67. The molecule has 2 aliphatic carbocycles. The maximum atomic E-state index is 2.46. The largest absolute Gasteiger partial charge is 0.309 e. The van der Waals surface area contributed by atoms with Crippen LogP contribution in [-0.2, 0) is 12.8 Å². The Hall–Kier alpha value is -5.14. The van der Waals surface area contributed by atoms with Gasteiger partial charge in [-0.1, -0.05) is 121 Å². The van der Waals surface area contributed by atoms with Gasteiger partial charge in [0.25, 0.3) is 0 Å². The Morgan fingerprint density at radius 2 is 1.35 bits per heavy atom. The normalized spacial score (nSPS) is 15.3. The van der Waals surface area contributed by atoms with Gasteiger partial charge in [0.15, 0.2) is 0 Å². The summed E-state index contributed by atoms with van der Waals surface area (Å²) in [5.41, 5.74) is 16.1. The van der Waals surface area contributed by atoms with Gasteiger partial charge < -0.3 is 4.57 Å². The Morgan fingerprint density at radius 1 is 0.581 bits per heavy atom. The molecule has 1 heterocycles. The highest BCUT2D eigenvalue weighted by Gasteiger charge is 2.27. The Labute approximate surface area is 252 Å². The van der Waals surface area contributed by atoms with Crippen molar-refractivity contribution in [2.24, 2.45) is 0 Å². The van der Waals surface area contributed by atoms with Crippen LogP contribution in [0.5, 0.6) is 0 Å². The van der Waals surface area contributed by atoms with E-state index >= 15 is 0 Å². The number of hydrogen-bond donors (Lipinski definition) is 0. The molecular formula is C42H31N. The summed E-state index contributed by atoms with van der Waals surface area (Å²) in [5.74, 6) is 0.351. The summed E-state index contributed by atoms with van der Waals surface area (Å²) >= 11 is 0. The quantitative estimate of drug-likeness (QED) is 0.207. The summed E-state index contributed by atoms with van der Waals surface area (Å²) in [6.45, 7) is 0. The molecular weight excluding hydrogens is 518 g/mol. The molecule has 1 nitrogen and oxygen atoms in total. The van der Waals surface area contributed by atoms with E-state index in [0.29, 0.717) is 5.92 Å². The first-order chi connectivity index (χ1) is 21.3. The fourth-order valence-electron chi connectivity index (χ4n) is 7.75. The summed E-state index contributed by atoms with van der Waals surface area (Å²) in [4.78, 5) is 0. The molecule has 1 aromatic heterocycles. The van der Waals surface area contributed by atoms with E-state index in [1.54, 1.807) is 0 Å². The van der Waals surface area contributed by atoms with E-state index in [9.17, 15) is 0 Å². The van der Waals surface area contributed by atoms with Gasteiger partial charge in [0, 0.05) is 22.4 Å². The highest BCUT2D eigenvalue weighted by Crippen LogP contribution is 2.48. The third-order valence-electron chi connectivity index (χ3n) is 9.67. The van der Waals surface area contributed by atoms with Crippen molar-refractivity contribution in [3.63, 3.8) is 0 Å². The molecule has 1 heteroatoms. The number of hydrogen-bond acceptors (Lipinski definition) is 0. The van der Waals surface area contributed by atoms with Crippen molar-refractivity contribution < 1.29 is 0 Å². The smallest absolute Gasteiger partial charge is 0.0547 e. The lowest BCUT2D eigenvalue weighted by Gasteiger charge is -2.21. The van der Waals surface area contributed by atoms with Crippen LogP contribution in [-0.4, -0.2) is 4.57 Å². The Morgan fingerprint density at radius 3 is 2.30 bits per heavy atom. The van der Waals surface area contributed by atoms with Crippen molar-refractivity contribution in [3.8, 4) is 27.9 Å². The second kappa shape index (κ2) is 9.71. The summed E-state index contributed by atoms with van der Waals surface area (Å²) in [5, 5.41) is 2.61. The van der Waals surface area contributed by atoms with E-state index < -0.39 is 0 Å². The average Bonchev–Trinajstić information content (AvgIpc) is 3.63. The van der Waals surface area contributed by atoms with Gasteiger partial charge in [-0.05, 0) is 93.6 Å². The number of aromatic nitrogens is 1. The molecule has 7 aromatic rings. The van der Waals surface area contributed by atoms with Crippen LogP contribution in [0.25, 0.3) is 55.8 Å². The number of nitrogens with zero attached hydrogens (tertiary/aromatic N) is 1. The standard InChI is InChI=1S/C42H31N/c1-2-11-29(12-3-1)33-26-24-30-13-4-5-16-34(30)41-35(33)18-9-19-36(41)37-20-10-22-40-42(37)38-17-6-7-21-39(38)43(40)32-25-23-28-14-8-15-31(28)27-32/h1-13,15-23,25,27,33H,14,24,26H2. The van der Waals surface area contributed by atoms with E-state index in [2.05, 4.69) is 150 Å². The molecule has 0 bridgehead atoms. The molecule has 0 spiro atoms. The number of fused-ring (bicyclic) bond motifs is 7. The van der Waals surface area contributed by atoms with Gasteiger partial charge in [-0.2, -0.15) is 0 Å². The lowest BCUT2D eigenvalue weighted by molar-refractivity contribution is 0.726. The minimum Gasteiger partial charge on any atom is -0.309 e. The predicted octanol–water partition coefficient (Wildman–Crippen LogP) is 10.8. The van der Waals surface area contributed by atoms with Crippen molar-refractivity contribution in [2.75, 3.05) is 0 Å². The molecule has 1 atom stereocenters. The first-order valence-corrected chi connectivity index (χ1v) is 15.4. The minimum absolute atomic E-state index is 0.351. The van der Waals surface area contributed by atoms with Crippen LogP contribution in [0.3, 0.4) is 0 Å². The van der Waals surface area contributed by atoms with Gasteiger partial charge in [0.05, 0.1) is 11.0 Å². The van der Waals surface area contributed by atoms with E-state index in [-0.39, 0.29) is 0 Å². The molecule has 0 saturated carbocycles. The SMILES string of the molecule is C1=Cc2cc(-n3c4ccccc4c4c(-c5cccc6c5-c5ccccc5CCC6c5ccccc5)cccc43)ccc2C1. The number of para-hydroxylation sites is 1.